The van der Waals surface area contributed by atoms with Crippen LogP contribution >= 0.6 is 0 Å². The minimum Gasteiger partial charge on any atom is -0.491 e. The van der Waals surface area contributed by atoms with Gasteiger partial charge in [0.25, 0.3) is 0 Å². The van der Waals surface area contributed by atoms with Gasteiger partial charge >= 0.3 is 12.1 Å². The van der Waals surface area contributed by atoms with Gasteiger partial charge in [0.1, 0.15) is 18.2 Å². The van der Waals surface area contributed by atoms with E-state index in [1.54, 1.807) is 17.0 Å². The van der Waals surface area contributed by atoms with Crippen LogP contribution in [0.2, 0.25) is 0 Å². The Balaban J connectivity index is 1.19. The van der Waals surface area contributed by atoms with E-state index >= 15 is 0 Å². The fourth-order valence-corrected chi connectivity index (χ4v) is 4.87. The van der Waals surface area contributed by atoms with Crippen molar-refractivity contribution < 1.29 is 32.6 Å². The number of piperidine rings is 1. The molecule has 214 valence electrons. The molecular weight excluding hydrogens is 529 g/mol. The Morgan fingerprint density at radius 3 is 2.38 bits per heavy atom. The molecule has 4 rings (SSSR count). The lowest BCUT2D eigenvalue weighted by Gasteiger charge is -2.33. The molecule has 1 aromatic carbocycles. The van der Waals surface area contributed by atoms with Gasteiger partial charge < -0.3 is 20.1 Å². The smallest absolute Gasteiger partial charge is 0.407 e. The van der Waals surface area contributed by atoms with E-state index < -0.39 is 23.4 Å². The Bertz CT molecular complexity index is 1220. The highest BCUT2D eigenvalue weighted by molar-refractivity contribution is 5.91. The van der Waals surface area contributed by atoms with Gasteiger partial charge in [-0.05, 0) is 37.1 Å². The van der Waals surface area contributed by atoms with Crippen molar-refractivity contribution in [1.82, 2.24) is 14.8 Å². The minimum absolute atomic E-state index is 0.0591. The second-order valence-corrected chi connectivity index (χ2v) is 9.80. The Morgan fingerprint density at radius 1 is 1.07 bits per heavy atom. The highest BCUT2D eigenvalue weighted by atomic mass is 19.4. The number of carbonyl (C=O) groups excluding carboxylic acids is 1. The number of benzene rings is 1. The molecular formula is C27H31F3N6O4. The third-order valence-electron chi connectivity index (χ3n) is 7.12. The van der Waals surface area contributed by atoms with Crippen molar-refractivity contribution in [3.05, 3.63) is 53.5 Å². The molecule has 40 heavy (non-hydrogen) atoms. The van der Waals surface area contributed by atoms with E-state index in [1.807, 2.05) is 4.90 Å². The van der Waals surface area contributed by atoms with Gasteiger partial charge in [-0.1, -0.05) is 6.07 Å². The quantitative estimate of drug-likeness (QED) is 0.449. The van der Waals surface area contributed by atoms with Crippen molar-refractivity contribution >= 4 is 29.1 Å². The Labute approximate surface area is 230 Å². The molecule has 13 heteroatoms. The van der Waals surface area contributed by atoms with E-state index in [1.165, 1.54) is 18.3 Å². The number of alkyl halides is 3. The maximum Gasteiger partial charge on any atom is 0.407 e. The van der Waals surface area contributed by atoms with Crippen molar-refractivity contribution in [2.75, 3.05) is 69.2 Å². The second-order valence-electron chi connectivity index (χ2n) is 9.80. The number of pyridine rings is 1. The minimum atomic E-state index is -4.61. The lowest BCUT2D eigenvalue weighted by atomic mass is 9.95. The predicted octanol–water partition coefficient (Wildman–Crippen LogP) is 3.59. The molecule has 0 atom stereocenters. The van der Waals surface area contributed by atoms with Crippen molar-refractivity contribution in [2.45, 2.75) is 19.0 Å². The van der Waals surface area contributed by atoms with Crippen LogP contribution in [-0.4, -0.2) is 90.7 Å². The SMILES string of the molecule is [C-]#[N+]c1ccc(N2CCC(C(=O)Nc3ccc(OCCN4CCN(CC(=O)O)CC4)cn3)CC2)cc1C(F)(F)F. The van der Waals surface area contributed by atoms with Crippen LogP contribution in [0.15, 0.2) is 36.5 Å². The molecule has 2 aromatic rings. The van der Waals surface area contributed by atoms with Gasteiger partial charge in [0.15, 0.2) is 5.69 Å². The van der Waals surface area contributed by atoms with Gasteiger partial charge in [-0.2, -0.15) is 13.2 Å². The van der Waals surface area contributed by atoms with Crippen LogP contribution in [0.5, 0.6) is 5.75 Å². The number of hydrogen-bond donors (Lipinski definition) is 2. The Morgan fingerprint density at radius 2 is 1.77 bits per heavy atom. The summed E-state index contributed by atoms with van der Waals surface area (Å²) in [5.41, 5.74) is -0.993. The van der Waals surface area contributed by atoms with Gasteiger partial charge in [0, 0.05) is 57.4 Å². The molecule has 2 aliphatic rings. The van der Waals surface area contributed by atoms with Crippen molar-refractivity contribution in [3.63, 3.8) is 0 Å². The molecule has 3 heterocycles. The van der Waals surface area contributed by atoms with Gasteiger partial charge in [-0.15, -0.1) is 0 Å². The summed E-state index contributed by atoms with van der Waals surface area (Å²) in [6, 6.07) is 7.09. The third kappa shape index (κ3) is 7.83. The third-order valence-corrected chi connectivity index (χ3v) is 7.12. The zero-order valence-corrected chi connectivity index (χ0v) is 21.9. The summed E-state index contributed by atoms with van der Waals surface area (Å²) in [6.07, 6.45) is -2.12. The number of anilines is 2. The lowest BCUT2D eigenvalue weighted by Crippen LogP contribution is -2.48. The van der Waals surface area contributed by atoms with Gasteiger partial charge in [-0.3, -0.25) is 19.4 Å². The van der Waals surface area contributed by atoms with Gasteiger partial charge in [0.2, 0.25) is 5.91 Å². The fraction of sp³-hybridized carbons (Fsp3) is 0.481. The van der Waals surface area contributed by atoms with E-state index in [0.29, 0.717) is 69.4 Å². The molecule has 1 amide bonds. The lowest BCUT2D eigenvalue weighted by molar-refractivity contribution is -0.139. The standard InChI is InChI=1S/C27H31F3N6O4/c1-31-23-4-2-20(16-22(23)27(28,29)30)36-8-6-19(7-9-36)26(39)33-24-5-3-21(17-32-24)40-15-14-34-10-12-35(13-11-34)18-25(37)38/h2-5,16-17,19H,6-15,18H2,(H,37,38)(H,32,33,39). The first-order valence-electron chi connectivity index (χ1n) is 13.0. The number of hydrogen-bond acceptors (Lipinski definition) is 7. The van der Waals surface area contributed by atoms with Gasteiger partial charge in [-0.25, -0.2) is 9.83 Å². The summed E-state index contributed by atoms with van der Waals surface area (Å²) in [6.45, 7) is 12.0. The number of rotatable bonds is 9. The van der Waals surface area contributed by atoms with Crippen LogP contribution in [0, 0.1) is 12.5 Å². The van der Waals surface area contributed by atoms with Crippen molar-refractivity contribution in [3.8, 4) is 5.75 Å². The van der Waals surface area contributed by atoms with Crippen LogP contribution in [0.3, 0.4) is 0 Å². The highest BCUT2D eigenvalue weighted by Gasteiger charge is 2.34. The molecule has 0 aliphatic carbocycles. The number of carboxylic acids is 1. The summed E-state index contributed by atoms with van der Waals surface area (Å²) < 4.78 is 45.7. The van der Waals surface area contributed by atoms with Crippen LogP contribution in [-0.2, 0) is 15.8 Å². The number of nitrogens with one attached hydrogen (secondary N) is 1. The number of carbonyl (C=O) groups is 2. The van der Waals surface area contributed by atoms with Gasteiger partial charge in [0.05, 0.1) is 24.9 Å². The highest BCUT2D eigenvalue weighted by Crippen LogP contribution is 2.39. The number of piperazine rings is 1. The maximum atomic E-state index is 13.3. The zero-order chi connectivity index (χ0) is 28.7. The van der Waals surface area contributed by atoms with E-state index in [-0.39, 0.29) is 18.4 Å². The predicted molar refractivity (Wildman–Crippen MR) is 142 cm³/mol. The van der Waals surface area contributed by atoms with Crippen molar-refractivity contribution in [2.24, 2.45) is 5.92 Å². The zero-order valence-electron chi connectivity index (χ0n) is 21.9. The monoisotopic (exact) mass is 560 g/mol. The molecule has 0 unspecified atom stereocenters. The topological polar surface area (TPSA) is 103 Å². The first-order valence-corrected chi connectivity index (χ1v) is 13.0. The van der Waals surface area contributed by atoms with E-state index in [2.05, 4.69) is 20.0 Å². The van der Waals surface area contributed by atoms with E-state index in [9.17, 15) is 22.8 Å². The van der Waals surface area contributed by atoms with Crippen LogP contribution < -0.4 is 15.0 Å². The van der Waals surface area contributed by atoms with E-state index in [0.717, 1.165) is 19.2 Å². The molecule has 10 nitrogen and oxygen atoms in total. The number of aliphatic carboxylic acids is 1. The number of nitrogens with zero attached hydrogens (tertiary/aromatic N) is 5. The summed E-state index contributed by atoms with van der Waals surface area (Å²) in [7, 11) is 0. The normalized spacial score (nSPS) is 17.3. The average molecular weight is 561 g/mol. The first kappa shape index (κ1) is 29.1. The fourth-order valence-electron chi connectivity index (χ4n) is 4.87. The molecule has 0 radical (unpaired) electrons. The molecule has 2 aliphatic heterocycles. The summed E-state index contributed by atoms with van der Waals surface area (Å²) >= 11 is 0. The number of carboxylic acid groups (broad SMARTS) is 1. The van der Waals surface area contributed by atoms with E-state index in [4.69, 9.17) is 16.4 Å². The number of halogens is 3. The number of aromatic nitrogens is 1. The van der Waals surface area contributed by atoms with Crippen LogP contribution in [0.4, 0.5) is 30.4 Å². The Kier molecular flexibility index (Phi) is 9.44. The first-order chi connectivity index (χ1) is 19.1. The molecule has 2 N–H and O–H groups in total. The summed E-state index contributed by atoms with van der Waals surface area (Å²) in [5, 5.41) is 11.7. The molecule has 1 aromatic heterocycles. The molecule has 0 saturated carbocycles. The molecule has 2 saturated heterocycles. The molecule has 2 fully saturated rings. The second kappa shape index (κ2) is 13.0. The summed E-state index contributed by atoms with van der Waals surface area (Å²) in [4.78, 5) is 36.7. The van der Waals surface area contributed by atoms with Crippen LogP contribution in [0.25, 0.3) is 4.85 Å². The summed E-state index contributed by atoms with van der Waals surface area (Å²) in [5.74, 6) is -0.352. The number of amides is 1. The molecule has 0 bridgehead atoms. The van der Waals surface area contributed by atoms with Crippen molar-refractivity contribution in [1.29, 1.82) is 0 Å². The molecule has 0 spiro atoms. The Hall–Kier alpha value is -3.89. The average Bonchev–Trinajstić information content (AvgIpc) is 2.94. The maximum absolute atomic E-state index is 13.3. The van der Waals surface area contributed by atoms with Crippen LogP contribution in [0.1, 0.15) is 18.4 Å². The number of ether oxygens (including phenoxy) is 1. The largest absolute Gasteiger partial charge is 0.491 e.